The maximum absolute atomic E-state index is 11.9. The quantitative estimate of drug-likeness (QED) is 0.707. The first-order chi connectivity index (χ1) is 7.80. The fourth-order valence-corrected chi connectivity index (χ4v) is 2.96. The van der Waals surface area contributed by atoms with E-state index in [9.17, 15) is 9.90 Å². The summed E-state index contributed by atoms with van der Waals surface area (Å²) in [5.41, 5.74) is -0.266. The van der Waals surface area contributed by atoms with Crippen LogP contribution in [0.2, 0.25) is 0 Å². The van der Waals surface area contributed by atoms with E-state index in [-0.39, 0.29) is 17.6 Å². The van der Waals surface area contributed by atoms with Crippen LogP contribution in [0.3, 0.4) is 0 Å². The lowest BCUT2D eigenvalue weighted by Crippen LogP contribution is -2.36. The second kappa shape index (κ2) is 4.16. The largest absolute Gasteiger partial charge is 0.444 e. The van der Waals surface area contributed by atoms with Gasteiger partial charge in [0.05, 0.1) is 6.10 Å². The van der Waals surface area contributed by atoms with Crippen LogP contribution in [0, 0.1) is 5.41 Å². The minimum atomic E-state index is -0.429. The Morgan fingerprint density at radius 1 is 1.41 bits per heavy atom. The normalized spacial score (nSPS) is 33.4. The molecule has 0 aromatic heterocycles. The third-order valence-corrected chi connectivity index (χ3v) is 3.77. The van der Waals surface area contributed by atoms with E-state index in [0.29, 0.717) is 0 Å². The number of aliphatic hydroxyl groups is 1. The van der Waals surface area contributed by atoms with Gasteiger partial charge >= 0.3 is 6.09 Å². The van der Waals surface area contributed by atoms with Crippen molar-refractivity contribution < 1.29 is 14.6 Å². The zero-order chi connectivity index (χ0) is 12.7. The number of carbonyl (C=O) groups excluding carboxylic acids is 1. The van der Waals surface area contributed by atoms with E-state index in [4.69, 9.17) is 4.74 Å². The van der Waals surface area contributed by atoms with Gasteiger partial charge in [0.2, 0.25) is 0 Å². The van der Waals surface area contributed by atoms with Crippen molar-refractivity contribution in [3.63, 3.8) is 0 Å². The summed E-state index contributed by atoms with van der Waals surface area (Å²) in [6.45, 7) is 7.17. The van der Waals surface area contributed by atoms with Gasteiger partial charge in [-0.05, 0) is 51.9 Å². The van der Waals surface area contributed by atoms with E-state index >= 15 is 0 Å². The van der Waals surface area contributed by atoms with Gasteiger partial charge in [0.25, 0.3) is 0 Å². The molecule has 1 saturated carbocycles. The molecule has 2 aliphatic rings. The van der Waals surface area contributed by atoms with E-state index in [0.717, 1.165) is 38.8 Å². The summed E-state index contributed by atoms with van der Waals surface area (Å²) in [6.07, 6.45) is 3.37. The van der Waals surface area contributed by atoms with Crippen LogP contribution in [0.1, 0.15) is 46.5 Å². The minimum absolute atomic E-state index is 0.163. The highest BCUT2D eigenvalue weighted by Crippen LogP contribution is 2.45. The van der Waals surface area contributed by atoms with E-state index in [2.05, 4.69) is 0 Å². The second-order valence-electron chi connectivity index (χ2n) is 6.55. The van der Waals surface area contributed by atoms with Gasteiger partial charge in [0, 0.05) is 13.1 Å². The van der Waals surface area contributed by atoms with Crippen molar-refractivity contribution in [3.8, 4) is 0 Å². The molecule has 1 N–H and O–H groups in total. The topological polar surface area (TPSA) is 49.8 Å². The molecule has 1 saturated heterocycles. The highest BCUT2D eigenvalue weighted by molar-refractivity contribution is 5.68. The van der Waals surface area contributed by atoms with Gasteiger partial charge in [-0.3, -0.25) is 0 Å². The zero-order valence-electron chi connectivity index (χ0n) is 11.0. The molecule has 2 fully saturated rings. The Kier molecular flexibility index (Phi) is 3.10. The smallest absolute Gasteiger partial charge is 0.410 e. The number of ether oxygens (including phenoxy) is 1. The summed E-state index contributed by atoms with van der Waals surface area (Å²) in [7, 11) is 0. The highest BCUT2D eigenvalue weighted by atomic mass is 16.6. The Morgan fingerprint density at radius 3 is 2.65 bits per heavy atom. The first-order valence-corrected chi connectivity index (χ1v) is 6.46. The molecule has 0 radical (unpaired) electrons. The minimum Gasteiger partial charge on any atom is -0.444 e. The van der Waals surface area contributed by atoms with E-state index in [1.165, 1.54) is 0 Å². The second-order valence-corrected chi connectivity index (χ2v) is 6.55. The van der Waals surface area contributed by atoms with Crippen molar-refractivity contribution in [3.05, 3.63) is 0 Å². The van der Waals surface area contributed by atoms with Crippen molar-refractivity contribution in [2.24, 2.45) is 5.41 Å². The lowest BCUT2D eigenvalue weighted by molar-refractivity contribution is 0.0270. The molecule has 1 heterocycles. The fraction of sp³-hybridized carbons (Fsp3) is 0.923. The van der Waals surface area contributed by atoms with Crippen LogP contribution in [-0.2, 0) is 4.74 Å². The monoisotopic (exact) mass is 241 g/mol. The summed E-state index contributed by atoms with van der Waals surface area (Å²) in [6, 6.07) is 0. The number of rotatable bonds is 0. The van der Waals surface area contributed by atoms with Gasteiger partial charge < -0.3 is 14.7 Å². The number of aliphatic hydroxyl groups excluding tert-OH is 1. The van der Waals surface area contributed by atoms with Crippen LogP contribution in [0.15, 0.2) is 0 Å². The predicted molar refractivity (Wildman–Crippen MR) is 64.7 cm³/mol. The molecule has 4 nitrogen and oxygen atoms in total. The van der Waals surface area contributed by atoms with Crippen LogP contribution in [0.5, 0.6) is 0 Å². The molecule has 1 amide bonds. The summed E-state index contributed by atoms with van der Waals surface area (Å²) in [4.78, 5) is 13.7. The molecule has 1 spiro atoms. The van der Waals surface area contributed by atoms with Crippen molar-refractivity contribution in [2.75, 3.05) is 13.1 Å². The molecule has 0 aromatic rings. The van der Waals surface area contributed by atoms with Gasteiger partial charge in [-0.2, -0.15) is 0 Å². The van der Waals surface area contributed by atoms with E-state index in [1.54, 1.807) is 4.90 Å². The lowest BCUT2D eigenvalue weighted by atomic mass is 9.85. The summed E-state index contributed by atoms with van der Waals surface area (Å²) < 4.78 is 5.38. The highest BCUT2D eigenvalue weighted by Gasteiger charge is 2.45. The third-order valence-electron chi connectivity index (χ3n) is 3.77. The Morgan fingerprint density at radius 2 is 2.12 bits per heavy atom. The average molecular weight is 241 g/mol. The number of carbonyl (C=O) groups is 1. The maximum atomic E-state index is 11.9. The van der Waals surface area contributed by atoms with E-state index < -0.39 is 5.60 Å². The lowest BCUT2D eigenvalue weighted by Gasteiger charge is -2.26. The Bertz CT molecular complexity index is 310. The van der Waals surface area contributed by atoms with Gasteiger partial charge in [0.15, 0.2) is 0 Å². The molecule has 1 aliphatic carbocycles. The molecule has 0 aromatic carbocycles. The van der Waals surface area contributed by atoms with Crippen molar-refractivity contribution in [2.45, 2.75) is 58.2 Å². The molecule has 4 heteroatoms. The fourth-order valence-electron chi connectivity index (χ4n) is 2.96. The van der Waals surface area contributed by atoms with E-state index in [1.807, 2.05) is 20.8 Å². The third kappa shape index (κ3) is 2.92. The van der Waals surface area contributed by atoms with Crippen molar-refractivity contribution in [1.29, 1.82) is 0 Å². The standard InChI is InChI=1S/C13H23NO3/c1-12(2,3)17-11(16)14-7-6-13(9-14)5-4-10(15)8-13/h10,15H,4-9H2,1-3H3/t10-,13-/m0/s1. The number of hydrogen-bond donors (Lipinski definition) is 1. The Labute approximate surface area is 103 Å². The summed E-state index contributed by atoms with van der Waals surface area (Å²) >= 11 is 0. The Hall–Kier alpha value is -0.770. The Balaban J connectivity index is 1.92. The number of hydrogen-bond acceptors (Lipinski definition) is 3. The molecule has 98 valence electrons. The van der Waals surface area contributed by atoms with Crippen LogP contribution in [0.25, 0.3) is 0 Å². The van der Waals surface area contributed by atoms with Gasteiger partial charge in [-0.15, -0.1) is 0 Å². The van der Waals surface area contributed by atoms with Crippen molar-refractivity contribution >= 4 is 6.09 Å². The molecular weight excluding hydrogens is 218 g/mol. The maximum Gasteiger partial charge on any atom is 0.410 e. The molecule has 2 atom stereocenters. The van der Waals surface area contributed by atoms with Crippen molar-refractivity contribution in [1.82, 2.24) is 4.90 Å². The number of likely N-dealkylation sites (tertiary alicyclic amines) is 1. The van der Waals surface area contributed by atoms with Gasteiger partial charge in [-0.1, -0.05) is 0 Å². The molecule has 1 aliphatic heterocycles. The van der Waals surface area contributed by atoms with Gasteiger partial charge in [-0.25, -0.2) is 4.79 Å². The van der Waals surface area contributed by atoms with Crippen LogP contribution >= 0.6 is 0 Å². The first kappa shape index (κ1) is 12.7. The van der Waals surface area contributed by atoms with Gasteiger partial charge in [0.1, 0.15) is 5.60 Å². The molecule has 17 heavy (non-hydrogen) atoms. The van der Waals surface area contributed by atoms with Crippen LogP contribution < -0.4 is 0 Å². The summed E-state index contributed by atoms with van der Waals surface area (Å²) in [5, 5.41) is 9.63. The molecule has 0 unspecified atom stereocenters. The molecule has 0 bridgehead atoms. The van der Waals surface area contributed by atoms with Crippen LogP contribution in [0.4, 0.5) is 4.79 Å². The predicted octanol–water partition coefficient (Wildman–Crippen LogP) is 2.16. The average Bonchev–Trinajstić information content (AvgIpc) is 2.72. The van der Waals surface area contributed by atoms with Crippen LogP contribution in [-0.4, -0.2) is 40.9 Å². The zero-order valence-corrected chi connectivity index (χ0v) is 11.0. The number of amides is 1. The number of nitrogens with zero attached hydrogens (tertiary/aromatic N) is 1. The molecular formula is C13H23NO3. The summed E-state index contributed by atoms with van der Waals surface area (Å²) in [5.74, 6) is 0. The molecule has 2 rings (SSSR count). The first-order valence-electron chi connectivity index (χ1n) is 6.46. The SMILES string of the molecule is CC(C)(C)OC(=O)N1CC[C@]2(CC[C@H](O)C2)C1.